The van der Waals surface area contributed by atoms with Crippen LogP contribution in [-0.4, -0.2) is 48.6 Å². The summed E-state index contributed by atoms with van der Waals surface area (Å²) in [6.45, 7) is 16.3. The molecule has 5 heteroatoms. The number of benzene rings is 1. The van der Waals surface area contributed by atoms with Crippen molar-refractivity contribution in [2.24, 2.45) is 0 Å². The first-order valence-corrected chi connectivity index (χ1v) is 9.83. The highest BCUT2D eigenvalue weighted by molar-refractivity contribution is 5.87. The molecule has 27 heavy (non-hydrogen) atoms. The van der Waals surface area contributed by atoms with E-state index in [2.05, 4.69) is 30.0 Å². The van der Waals surface area contributed by atoms with Crippen LogP contribution in [0.25, 0.3) is 0 Å². The van der Waals surface area contributed by atoms with Crippen LogP contribution in [-0.2, 0) is 21.4 Å². The number of amides is 1. The van der Waals surface area contributed by atoms with Gasteiger partial charge in [0.25, 0.3) is 0 Å². The molecule has 1 aliphatic rings. The number of aryl methyl sites for hydroxylation is 1. The lowest BCUT2D eigenvalue weighted by molar-refractivity contribution is -0.121. The zero-order valence-electron chi connectivity index (χ0n) is 17.9. The first-order valence-electron chi connectivity index (χ1n) is 9.83. The molecule has 0 saturated carbocycles. The molecule has 1 aromatic rings. The summed E-state index contributed by atoms with van der Waals surface area (Å²) in [6.07, 6.45) is 0.646. The van der Waals surface area contributed by atoms with E-state index in [4.69, 9.17) is 4.74 Å². The van der Waals surface area contributed by atoms with E-state index < -0.39 is 11.0 Å². The minimum absolute atomic E-state index is 0.177. The summed E-state index contributed by atoms with van der Waals surface area (Å²) in [5, 5.41) is 0. The van der Waals surface area contributed by atoms with E-state index in [1.807, 2.05) is 34.6 Å². The van der Waals surface area contributed by atoms with Crippen LogP contribution in [0.1, 0.15) is 59.6 Å². The molecule has 1 fully saturated rings. The molecule has 0 unspecified atom stereocenters. The van der Waals surface area contributed by atoms with Crippen LogP contribution in [0.15, 0.2) is 18.2 Å². The van der Waals surface area contributed by atoms with E-state index in [9.17, 15) is 9.59 Å². The maximum Gasteiger partial charge on any atom is 0.410 e. The summed E-state index contributed by atoms with van der Waals surface area (Å²) in [6, 6.07) is 6.39. The molecule has 1 saturated heterocycles. The number of ketones is 1. The van der Waals surface area contributed by atoms with Crippen LogP contribution in [0.4, 0.5) is 10.5 Å². The van der Waals surface area contributed by atoms with E-state index in [0.29, 0.717) is 13.1 Å². The summed E-state index contributed by atoms with van der Waals surface area (Å²) in [4.78, 5) is 28.4. The van der Waals surface area contributed by atoms with Gasteiger partial charge in [0.2, 0.25) is 0 Å². The van der Waals surface area contributed by atoms with Crippen molar-refractivity contribution >= 4 is 17.6 Å². The molecule has 5 nitrogen and oxygen atoms in total. The third kappa shape index (κ3) is 5.02. The van der Waals surface area contributed by atoms with Crippen LogP contribution in [0.3, 0.4) is 0 Å². The van der Waals surface area contributed by atoms with Gasteiger partial charge < -0.3 is 14.5 Å². The van der Waals surface area contributed by atoms with Crippen LogP contribution < -0.4 is 4.90 Å². The Balaban J connectivity index is 2.10. The van der Waals surface area contributed by atoms with Crippen molar-refractivity contribution < 1.29 is 14.3 Å². The van der Waals surface area contributed by atoms with Gasteiger partial charge in [-0.3, -0.25) is 4.79 Å². The molecule has 0 radical (unpaired) electrons. The fraction of sp³-hybridized carbons (Fsp3) is 0.636. The Hall–Kier alpha value is -2.04. The maximum atomic E-state index is 12.2. The number of hydrogen-bond donors (Lipinski definition) is 0. The molecule has 0 aromatic heterocycles. The molecule has 1 aromatic carbocycles. The Labute approximate surface area is 163 Å². The number of rotatable bonds is 4. The zero-order valence-corrected chi connectivity index (χ0v) is 17.9. The van der Waals surface area contributed by atoms with Gasteiger partial charge in [-0.15, -0.1) is 0 Å². The van der Waals surface area contributed by atoms with Crippen molar-refractivity contribution in [2.75, 3.05) is 31.1 Å². The number of hydrogen-bond acceptors (Lipinski definition) is 4. The van der Waals surface area contributed by atoms with Crippen LogP contribution in [0.2, 0.25) is 0 Å². The number of piperazine rings is 1. The van der Waals surface area contributed by atoms with Crippen molar-refractivity contribution in [2.45, 2.75) is 65.9 Å². The summed E-state index contributed by atoms with van der Waals surface area (Å²) < 4.78 is 5.47. The normalized spacial score (nSPS) is 15.7. The summed E-state index contributed by atoms with van der Waals surface area (Å²) >= 11 is 0. The molecule has 1 amide bonds. The molecule has 0 aliphatic carbocycles. The third-order valence-corrected chi connectivity index (χ3v) is 5.32. The Morgan fingerprint density at radius 2 is 1.63 bits per heavy atom. The molecule has 150 valence electrons. The van der Waals surface area contributed by atoms with Gasteiger partial charge in [0, 0.05) is 37.3 Å². The number of Topliss-reactive ketones (excluding diaryl/α,β-unsaturated/α-hetero) is 1. The van der Waals surface area contributed by atoms with Gasteiger partial charge in [-0.05, 0) is 71.2 Å². The topological polar surface area (TPSA) is 49.9 Å². The first kappa shape index (κ1) is 21.3. The zero-order chi connectivity index (χ0) is 20.4. The maximum absolute atomic E-state index is 12.2. The largest absolute Gasteiger partial charge is 0.444 e. The molecule has 0 N–H and O–H groups in total. The van der Waals surface area contributed by atoms with Crippen LogP contribution >= 0.6 is 0 Å². The van der Waals surface area contributed by atoms with Crippen LogP contribution in [0, 0.1) is 0 Å². The molecule has 2 rings (SSSR count). The van der Waals surface area contributed by atoms with E-state index in [0.717, 1.165) is 30.8 Å². The second kappa shape index (κ2) is 7.91. The molecular formula is C22H34N2O3. The number of carbonyl (C=O) groups excluding carboxylic acids is 2. The van der Waals surface area contributed by atoms with Crippen molar-refractivity contribution in [3.8, 4) is 0 Å². The first-order chi connectivity index (χ1) is 12.5. The van der Waals surface area contributed by atoms with E-state index in [1.165, 1.54) is 5.56 Å². The number of carbonyl (C=O) groups is 2. The lowest BCUT2D eigenvalue weighted by Gasteiger charge is -2.37. The molecule has 0 spiro atoms. The predicted molar refractivity (Wildman–Crippen MR) is 110 cm³/mol. The van der Waals surface area contributed by atoms with Gasteiger partial charge in [-0.25, -0.2) is 4.79 Å². The smallest absolute Gasteiger partial charge is 0.410 e. The fourth-order valence-electron chi connectivity index (χ4n) is 3.34. The van der Waals surface area contributed by atoms with E-state index in [1.54, 1.807) is 11.8 Å². The second-order valence-electron chi connectivity index (χ2n) is 8.83. The van der Waals surface area contributed by atoms with E-state index >= 15 is 0 Å². The molecular weight excluding hydrogens is 340 g/mol. The lowest BCUT2D eigenvalue weighted by atomic mass is 9.78. The van der Waals surface area contributed by atoms with Crippen molar-refractivity contribution in [3.63, 3.8) is 0 Å². The molecule has 1 aliphatic heterocycles. The lowest BCUT2D eigenvalue weighted by Crippen LogP contribution is -2.50. The highest BCUT2D eigenvalue weighted by Gasteiger charge is 2.29. The van der Waals surface area contributed by atoms with Gasteiger partial charge in [-0.2, -0.15) is 0 Å². The quantitative estimate of drug-likeness (QED) is 0.793. The second-order valence-corrected chi connectivity index (χ2v) is 8.83. The predicted octanol–water partition coefficient (Wildman–Crippen LogP) is 4.17. The average molecular weight is 375 g/mol. The average Bonchev–Trinajstić information content (AvgIpc) is 2.59. The highest BCUT2D eigenvalue weighted by Crippen LogP contribution is 2.31. The van der Waals surface area contributed by atoms with E-state index in [-0.39, 0.29) is 11.9 Å². The van der Waals surface area contributed by atoms with Crippen molar-refractivity contribution in [1.82, 2.24) is 4.90 Å². The summed E-state index contributed by atoms with van der Waals surface area (Å²) in [5.41, 5.74) is 2.53. The molecule has 0 bridgehead atoms. The SMILES string of the molecule is CCc1cc(N2CCN(C(=O)OC(C)(C)C)CC2)ccc1C(C)(C)C(C)=O. The standard InChI is InChI=1S/C22H34N2O3/c1-8-17-15-18(9-10-19(17)22(6,7)16(2)25)23-11-13-24(14-12-23)20(26)27-21(3,4)5/h9-10,15H,8,11-14H2,1-7H3. The molecule has 1 heterocycles. The Bertz CT molecular complexity index is 696. The minimum atomic E-state index is -0.473. The highest BCUT2D eigenvalue weighted by atomic mass is 16.6. The van der Waals surface area contributed by atoms with Gasteiger partial charge in [0.1, 0.15) is 11.4 Å². The van der Waals surface area contributed by atoms with Crippen molar-refractivity contribution in [1.29, 1.82) is 0 Å². The molecule has 0 atom stereocenters. The van der Waals surface area contributed by atoms with Gasteiger partial charge >= 0.3 is 6.09 Å². The number of nitrogens with zero attached hydrogens (tertiary/aromatic N) is 2. The summed E-state index contributed by atoms with van der Waals surface area (Å²) in [7, 11) is 0. The Morgan fingerprint density at radius 1 is 1.04 bits per heavy atom. The Morgan fingerprint density at radius 3 is 2.11 bits per heavy atom. The minimum Gasteiger partial charge on any atom is -0.444 e. The number of ether oxygens (including phenoxy) is 1. The van der Waals surface area contributed by atoms with Gasteiger partial charge in [-0.1, -0.05) is 13.0 Å². The van der Waals surface area contributed by atoms with Gasteiger partial charge in [0.05, 0.1) is 0 Å². The van der Waals surface area contributed by atoms with Crippen LogP contribution in [0.5, 0.6) is 0 Å². The van der Waals surface area contributed by atoms with Crippen molar-refractivity contribution in [3.05, 3.63) is 29.3 Å². The Kier molecular flexibility index (Phi) is 6.23. The monoisotopic (exact) mass is 374 g/mol. The summed E-state index contributed by atoms with van der Waals surface area (Å²) in [5.74, 6) is 0.177. The van der Waals surface area contributed by atoms with Gasteiger partial charge in [0.15, 0.2) is 0 Å². The fourth-order valence-corrected chi connectivity index (χ4v) is 3.34. The number of anilines is 1. The third-order valence-electron chi connectivity index (χ3n) is 5.32.